The minimum Gasteiger partial charge on any atom is -0.465 e. The van der Waals surface area contributed by atoms with E-state index in [2.05, 4.69) is 12.2 Å². The number of hydrogen-bond donors (Lipinski definition) is 1. The zero-order valence-corrected chi connectivity index (χ0v) is 12.5. The van der Waals surface area contributed by atoms with Gasteiger partial charge in [0.1, 0.15) is 17.3 Å². The van der Waals surface area contributed by atoms with E-state index >= 15 is 0 Å². The van der Waals surface area contributed by atoms with Crippen LogP contribution in [0, 0.1) is 12.7 Å². The quantitative estimate of drug-likeness (QED) is 0.838. The fraction of sp³-hybridized carbons (Fsp3) is 0.375. The predicted molar refractivity (Wildman–Crippen MR) is 79.6 cm³/mol. The minimum atomic E-state index is -0.381. The van der Waals surface area contributed by atoms with Gasteiger partial charge >= 0.3 is 0 Å². The molecule has 2 rings (SSSR count). The van der Waals surface area contributed by atoms with Crippen molar-refractivity contribution in [3.63, 3.8) is 0 Å². The maximum absolute atomic E-state index is 13.5. The van der Waals surface area contributed by atoms with Crippen LogP contribution in [-0.4, -0.2) is 6.54 Å². The van der Waals surface area contributed by atoms with Crippen LogP contribution < -0.4 is 5.32 Å². The van der Waals surface area contributed by atoms with Crippen LogP contribution in [0.3, 0.4) is 0 Å². The van der Waals surface area contributed by atoms with Gasteiger partial charge in [0.15, 0.2) is 0 Å². The molecule has 0 fully saturated rings. The van der Waals surface area contributed by atoms with E-state index < -0.39 is 0 Å². The van der Waals surface area contributed by atoms with E-state index in [0.29, 0.717) is 6.42 Å². The molecule has 0 aliphatic carbocycles. The van der Waals surface area contributed by atoms with E-state index in [4.69, 9.17) is 16.0 Å². The van der Waals surface area contributed by atoms with Crippen molar-refractivity contribution < 1.29 is 8.81 Å². The fourth-order valence-electron chi connectivity index (χ4n) is 2.16. The highest BCUT2D eigenvalue weighted by Gasteiger charge is 2.17. The summed E-state index contributed by atoms with van der Waals surface area (Å²) in [6.07, 6.45) is 1.62. The maximum atomic E-state index is 13.5. The second-order valence-corrected chi connectivity index (χ2v) is 5.25. The second-order valence-electron chi connectivity index (χ2n) is 4.87. The van der Waals surface area contributed by atoms with Gasteiger partial charge in [-0.05, 0) is 50.1 Å². The fourth-order valence-corrected chi connectivity index (χ4v) is 2.36. The van der Waals surface area contributed by atoms with Gasteiger partial charge in [-0.25, -0.2) is 4.39 Å². The third-order valence-electron chi connectivity index (χ3n) is 3.20. The van der Waals surface area contributed by atoms with Gasteiger partial charge in [0.25, 0.3) is 0 Å². The number of benzene rings is 1. The Kier molecular flexibility index (Phi) is 5.21. The Morgan fingerprint density at radius 1 is 1.30 bits per heavy atom. The normalized spacial score (nSPS) is 12.6. The molecule has 2 nitrogen and oxygen atoms in total. The first-order chi connectivity index (χ1) is 9.61. The van der Waals surface area contributed by atoms with E-state index in [1.165, 1.54) is 6.07 Å². The van der Waals surface area contributed by atoms with Gasteiger partial charge in [0, 0.05) is 0 Å². The molecule has 1 aromatic carbocycles. The monoisotopic (exact) mass is 295 g/mol. The molecule has 0 aliphatic heterocycles. The molecular formula is C16H19ClFNO. The minimum absolute atomic E-state index is 0.00273. The number of hydrogen-bond acceptors (Lipinski definition) is 2. The molecule has 108 valence electrons. The predicted octanol–water partition coefficient (Wildman–Crippen LogP) is 4.66. The summed E-state index contributed by atoms with van der Waals surface area (Å²) in [6, 6.07) is 8.79. The lowest BCUT2D eigenvalue weighted by atomic mass is 10.0. The van der Waals surface area contributed by atoms with Crippen LogP contribution in [0.15, 0.2) is 34.7 Å². The molecule has 1 heterocycles. The van der Waals surface area contributed by atoms with Gasteiger partial charge in [-0.2, -0.15) is 0 Å². The number of aryl methyl sites for hydroxylation is 1. The van der Waals surface area contributed by atoms with Crippen LogP contribution >= 0.6 is 11.6 Å². The Morgan fingerprint density at radius 3 is 2.75 bits per heavy atom. The Hall–Kier alpha value is -1.32. The third-order valence-corrected chi connectivity index (χ3v) is 3.62. The Bertz CT molecular complexity index is 567. The van der Waals surface area contributed by atoms with Crippen LogP contribution in [0.5, 0.6) is 0 Å². The molecule has 0 saturated heterocycles. The summed E-state index contributed by atoms with van der Waals surface area (Å²) in [5.41, 5.74) is 0.786. The standard InChI is InChI=1S/C16H19ClFNO/c1-3-9-19-14(15-8-7-11(2)20-15)10-12-5-4-6-13(18)16(12)17/h4-8,14,19H,3,9-10H2,1-2H3. The first-order valence-electron chi connectivity index (χ1n) is 6.84. The molecule has 0 saturated carbocycles. The van der Waals surface area contributed by atoms with Crippen LogP contribution in [0.1, 0.15) is 36.5 Å². The number of halogens is 2. The first-order valence-corrected chi connectivity index (χ1v) is 7.22. The second kappa shape index (κ2) is 6.91. The highest BCUT2D eigenvalue weighted by Crippen LogP contribution is 2.26. The summed E-state index contributed by atoms with van der Waals surface area (Å²) in [7, 11) is 0. The molecule has 0 amide bonds. The van der Waals surface area contributed by atoms with Crippen LogP contribution in [0.25, 0.3) is 0 Å². The molecule has 20 heavy (non-hydrogen) atoms. The van der Waals surface area contributed by atoms with Gasteiger partial charge in [-0.1, -0.05) is 30.7 Å². The lowest BCUT2D eigenvalue weighted by Gasteiger charge is -2.17. The molecule has 1 N–H and O–H groups in total. The van der Waals surface area contributed by atoms with Gasteiger partial charge in [-0.3, -0.25) is 0 Å². The zero-order valence-electron chi connectivity index (χ0n) is 11.7. The summed E-state index contributed by atoms with van der Waals surface area (Å²) < 4.78 is 19.2. The van der Waals surface area contributed by atoms with Gasteiger partial charge in [0.05, 0.1) is 11.1 Å². The van der Waals surface area contributed by atoms with Crippen LogP contribution in [0.4, 0.5) is 4.39 Å². The SMILES string of the molecule is CCCNC(Cc1cccc(F)c1Cl)c1ccc(C)o1. The number of nitrogens with one attached hydrogen (secondary N) is 1. The van der Waals surface area contributed by atoms with Crippen molar-refractivity contribution in [1.82, 2.24) is 5.32 Å². The van der Waals surface area contributed by atoms with Gasteiger partial charge < -0.3 is 9.73 Å². The summed E-state index contributed by atoms with van der Waals surface area (Å²) >= 11 is 6.03. The van der Waals surface area contributed by atoms with Crippen LogP contribution in [-0.2, 0) is 6.42 Å². The Morgan fingerprint density at radius 2 is 2.10 bits per heavy atom. The first kappa shape index (κ1) is 15.1. The van der Waals surface area contributed by atoms with Crippen molar-refractivity contribution in [2.45, 2.75) is 32.7 Å². The number of rotatable bonds is 6. The molecule has 0 radical (unpaired) electrons. The Balaban J connectivity index is 2.21. The lowest BCUT2D eigenvalue weighted by Crippen LogP contribution is -2.23. The summed E-state index contributed by atoms with van der Waals surface area (Å²) in [6.45, 7) is 4.89. The summed E-state index contributed by atoms with van der Waals surface area (Å²) in [5.74, 6) is 1.35. The van der Waals surface area contributed by atoms with Crippen molar-refractivity contribution in [2.24, 2.45) is 0 Å². The van der Waals surface area contributed by atoms with Crippen LogP contribution in [0.2, 0.25) is 5.02 Å². The molecule has 0 bridgehead atoms. The van der Waals surface area contributed by atoms with E-state index in [0.717, 1.165) is 30.0 Å². The molecule has 0 aliphatic rings. The van der Waals surface area contributed by atoms with Gasteiger partial charge in [-0.15, -0.1) is 0 Å². The van der Waals surface area contributed by atoms with Crippen molar-refractivity contribution >= 4 is 11.6 Å². The maximum Gasteiger partial charge on any atom is 0.142 e. The van der Waals surface area contributed by atoms with Crippen molar-refractivity contribution in [3.8, 4) is 0 Å². The zero-order chi connectivity index (χ0) is 14.5. The molecule has 4 heteroatoms. The van der Waals surface area contributed by atoms with Crippen molar-refractivity contribution in [2.75, 3.05) is 6.54 Å². The Labute approximate surface area is 123 Å². The van der Waals surface area contributed by atoms with E-state index in [1.807, 2.05) is 25.1 Å². The van der Waals surface area contributed by atoms with Crippen molar-refractivity contribution in [3.05, 3.63) is 58.3 Å². The lowest BCUT2D eigenvalue weighted by molar-refractivity contribution is 0.398. The summed E-state index contributed by atoms with van der Waals surface area (Å²) in [4.78, 5) is 0. The number of furan rings is 1. The molecule has 1 unspecified atom stereocenters. The van der Waals surface area contributed by atoms with E-state index in [9.17, 15) is 4.39 Å². The van der Waals surface area contributed by atoms with E-state index in [1.54, 1.807) is 6.07 Å². The average molecular weight is 296 g/mol. The third kappa shape index (κ3) is 3.62. The topological polar surface area (TPSA) is 25.2 Å². The van der Waals surface area contributed by atoms with E-state index in [-0.39, 0.29) is 16.9 Å². The van der Waals surface area contributed by atoms with Gasteiger partial charge in [0.2, 0.25) is 0 Å². The van der Waals surface area contributed by atoms with Crippen molar-refractivity contribution in [1.29, 1.82) is 0 Å². The molecular weight excluding hydrogens is 277 g/mol. The molecule has 0 spiro atoms. The largest absolute Gasteiger partial charge is 0.465 e. The smallest absolute Gasteiger partial charge is 0.142 e. The molecule has 1 atom stereocenters. The summed E-state index contributed by atoms with van der Waals surface area (Å²) in [5, 5.41) is 3.61. The molecule has 1 aromatic heterocycles. The molecule has 2 aromatic rings. The highest BCUT2D eigenvalue weighted by atomic mass is 35.5. The average Bonchev–Trinajstić information content (AvgIpc) is 2.86. The highest BCUT2D eigenvalue weighted by molar-refractivity contribution is 6.31.